The minimum absolute atomic E-state index is 0.169. The molecule has 0 aliphatic rings. The SMILES string of the molecule is CC(NCCO)c1ccnn1C. The van der Waals surface area contributed by atoms with Crippen molar-refractivity contribution < 1.29 is 5.11 Å². The van der Waals surface area contributed by atoms with Crippen LogP contribution in [-0.4, -0.2) is 28.0 Å². The Balaban J connectivity index is 2.52. The van der Waals surface area contributed by atoms with Crippen LogP contribution in [0.5, 0.6) is 0 Å². The third kappa shape index (κ3) is 2.06. The highest BCUT2D eigenvalue weighted by molar-refractivity contribution is 5.04. The summed E-state index contributed by atoms with van der Waals surface area (Å²) in [7, 11) is 1.91. The summed E-state index contributed by atoms with van der Waals surface area (Å²) in [5.41, 5.74) is 1.13. The maximum atomic E-state index is 8.60. The van der Waals surface area contributed by atoms with Crippen LogP contribution in [0.15, 0.2) is 12.3 Å². The topological polar surface area (TPSA) is 50.1 Å². The first-order valence-electron chi connectivity index (χ1n) is 4.08. The average molecular weight is 169 g/mol. The minimum atomic E-state index is 0.169. The second-order valence-electron chi connectivity index (χ2n) is 2.78. The van der Waals surface area contributed by atoms with Gasteiger partial charge in [0, 0.05) is 25.8 Å². The highest BCUT2D eigenvalue weighted by Crippen LogP contribution is 2.08. The summed E-state index contributed by atoms with van der Waals surface area (Å²) in [5.74, 6) is 0. The summed E-state index contributed by atoms with van der Waals surface area (Å²) in [6.45, 7) is 2.83. The average Bonchev–Trinajstić information content (AvgIpc) is 2.47. The van der Waals surface area contributed by atoms with E-state index in [0.717, 1.165) is 5.69 Å². The van der Waals surface area contributed by atoms with E-state index in [-0.39, 0.29) is 12.6 Å². The van der Waals surface area contributed by atoms with Crippen LogP contribution < -0.4 is 5.32 Å². The molecule has 0 fully saturated rings. The van der Waals surface area contributed by atoms with E-state index in [0.29, 0.717) is 6.54 Å². The normalized spacial score (nSPS) is 13.2. The van der Waals surface area contributed by atoms with Crippen molar-refractivity contribution >= 4 is 0 Å². The van der Waals surface area contributed by atoms with Crippen molar-refractivity contribution in [1.29, 1.82) is 0 Å². The molecule has 0 amide bonds. The van der Waals surface area contributed by atoms with E-state index in [1.807, 2.05) is 24.7 Å². The number of aliphatic hydroxyl groups is 1. The first-order valence-corrected chi connectivity index (χ1v) is 4.08. The summed E-state index contributed by atoms with van der Waals surface area (Å²) in [6.07, 6.45) is 1.77. The fourth-order valence-corrected chi connectivity index (χ4v) is 1.19. The fourth-order valence-electron chi connectivity index (χ4n) is 1.19. The standard InChI is InChI=1S/C8H15N3O/c1-7(9-5-6-12)8-3-4-10-11(8)2/h3-4,7,9,12H,5-6H2,1-2H3. The van der Waals surface area contributed by atoms with Gasteiger partial charge in [-0.2, -0.15) is 5.10 Å². The molecule has 0 aliphatic carbocycles. The van der Waals surface area contributed by atoms with Crippen molar-refractivity contribution in [2.75, 3.05) is 13.2 Å². The lowest BCUT2D eigenvalue weighted by Crippen LogP contribution is -2.23. The summed E-state index contributed by atoms with van der Waals surface area (Å²) in [6, 6.07) is 2.21. The summed E-state index contributed by atoms with van der Waals surface area (Å²) in [4.78, 5) is 0. The number of aliphatic hydroxyl groups excluding tert-OH is 1. The number of nitrogens with zero attached hydrogens (tertiary/aromatic N) is 2. The number of nitrogens with one attached hydrogen (secondary N) is 1. The second-order valence-corrected chi connectivity index (χ2v) is 2.78. The number of hydrogen-bond acceptors (Lipinski definition) is 3. The molecule has 12 heavy (non-hydrogen) atoms. The molecule has 1 rings (SSSR count). The molecule has 1 atom stereocenters. The lowest BCUT2D eigenvalue weighted by atomic mass is 10.2. The predicted molar refractivity (Wildman–Crippen MR) is 46.7 cm³/mol. The zero-order valence-corrected chi connectivity index (χ0v) is 7.49. The molecule has 1 unspecified atom stereocenters. The molecule has 1 aromatic rings. The maximum Gasteiger partial charge on any atom is 0.0556 e. The molecule has 0 radical (unpaired) electrons. The van der Waals surface area contributed by atoms with Crippen molar-refractivity contribution in [3.8, 4) is 0 Å². The molecule has 0 saturated carbocycles. The van der Waals surface area contributed by atoms with E-state index in [1.54, 1.807) is 6.20 Å². The van der Waals surface area contributed by atoms with Crippen LogP contribution in [0, 0.1) is 0 Å². The molecule has 4 nitrogen and oxygen atoms in total. The first kappa shape index (κ1) is 9.22. The summed E-state index contributed by atoms with van der Waals surface area (Å²) >= 11 is 0. The monoisotopic (exact) mass is 169 g/mol. The van der Waals surface area contributed by atoms with E-state index in [1.165, 1.54) is 0 Å². The van der Waals surface area contributed by atoms with Crippen LogP contribution in [0.4, 0.5) is 0 Å². The molecular formula is C8H15N3O. The molecule has 0 aromatic carbocycles. The lowest BCUT2D eigenvalue weighted by molar-refractivity contribution is 0.285. The smallest absolute Gasteiger partial charge is 0.0556 e. The van der Waals surface area contributed by atoms with Crippen LogP contribution in [0.25, 0.3) is 0 Å². The molecule has 0 aliphatic heterocycles. The second kappa shape index (κ2) is 4.23. The Kier molecular flexibility index (Phi) is 3.25. The summed E-state index contributed by atoms with van der Waals surface area (Å²) < 4.78 is 1.83. The van der Waals surface area contributed by atoms with E-state index >= 15 is 0 Å². The maximum absolute atomic E-state index is 8.60. The van der Waals surface area contributed by atoms with E-state index in [9.17, 15) is 0 Å². The third-order valence-corrected chi connectivity index (χ3v) is 1.86. The van der Waals surface area contributed by atoms with Gasteiger partial charge in [0.2, 0.25) is 0 Å². The van der Waals surface area contributed by atoms with Crippen LogP contribution in [0.1, 0.15) is 18.7 Å². The quantitative estimate of drug-likeness (QED) is 0.670. The van der Waals surface area contributed by atoms with Gasteiger partial charge in [-0.25, -0.2) is 0 Å². The van der Waals surface area contributed by atoms with Gasteiger partial charge in [-0.15, -0.1) is 0 Å². The van der Waals surface area contributed by atoms with Gasteiger partial charge in [0.05, 0.1) is 12.3 Å². The van der Waals surface area contributed by atoms with Gasteiger partial charge in [0.15, 0.2) is 0 Å². The Morgan fingerprint density at radius 2 is 2.50 bits per heavy atom. The van der Waals surface area contributed by atoms with Crippen molar-refractivity contribution in [1.82, 2.24) is 15.1 Å². The predicted octanol–water partition coefficient (Wildman–Crippen LogP) is 0.0630. The van der Waals surface area contributed by atoms with Crippen molar-refractivity contribution in [3.63, 3.8) is 0 Å². The van der Waals surface area contributed by atoms with E-state index in [4.69, 9.17) is 5.11 Å². The third-order valence-electron chi connectivity index (χ3n) is 1.86. The zero-order chi connectivity index (χ0) is 8.97. The molecule has 68 valence electrons. The molecule has 1 heterocycles. The Morgan fingerprint density at radius 1 is 1.75 bits per heavy atom. The number of aryl methyl sites for hydroxylation is 1. The van der Waals surface area contributed by atoms with Crippen molar-refractivity contribution in [2.24, 2.45) is 7.05 Å². The Hall–Kier alpha value is -0.870. The van der Waals surface area contributed by atoms with Gasteiger partial charge in [-0.05, 0) is 13.0 Å². The minimum Gasteiger partial charge on any atom is -0.395 e. The first-order chi connectivity index (χ1) is 5.75. The number of rotatable bonds is 4. The van der Waals surface area contributed by atoms with E-state index < -0.39 is 0 Å². The van der Waals surface area contributed by atoms with Crippen LogP contribution in [-0.2, 0) is 7.05 Å². The fraction of sp³-hybridized carbons (Fsp3) is 0.625. The molecule has 4 heteroatoms. The van der Waals surface area contributed by atoms with Crippen molar-refractivity contribution in [2.45, 2.75) is 13.0 Å². The highest BCUT2D eigenvalue weighted by atomic mass is 16.3. The van der Waals surface area contributed by atoms with Gasteiger partial charge in [-0.3, -0.25) is 4.68 Å². The van der Waals surface area contributed by atoms with Crippen molar-refractivity contribution in [3.05, 3.63) is 18.0 Å². The summed E-state index contributed by atoms with van der Waals surface area (Å²) in [5, 5.41) is 15.8. The van der Waals surface area contributed by atoms with Gasteiger partial charge in [0.1, 0.15) is 0 Å². The molecule has 2 N–H and O–H groups in total. The van der Waals surface area contributed by atoms with Gasteiger partial charge >= 0.3 is 0 Å². The number of hydrogen-bond donors (Lipinski definition) is 2. The van der Waals surface area contributed by atoms with Gasteiger partial charge in [0.25, 0.3) is 0 Å². The Labute approximate surface area is 72.2 Å². The van der Waals surface area contributed by atoms with Gasteiger partial charge in [-0.1, -0.05) is 0 Å². The van der Waals surface area contributed by atoms with Crippen LogP contribution in [0.2, 0.25) is 0 Å². The van der Waals surface area contributed by atoms with Gasteiger partial charge < -0.3 is 10.4 Å². The number of aromatic nitrogens is 2. The molecule has 0 saturated heterocycles. The Bertz CT molecular complexity index is 234. The largest absolute Gasteiger partial charge is 0.395 e. The zero-order valence-electron chi connectivity index (χ0n) is 7.49. The molecule has 0 bridgehead atoms. The lowest BCUT2D eigenvalue weighted by Gasteiger charge is -2.12. The van der Waals surface area contributed by atoms with Crippen LogP contribution in [0.3, 0.4) is 0 Å². The molecule has 0 spiro atoms. The highest BCUT2D eigenvalue weighted by Gasteiger charge is 2.06. The molecular weight excluding hydrogens is 154 g/mol. The van der Waals surface area contributed by atoms with Crippen LogP contribution >= 0.6 is 0 Å². The molecule has 1 aromatic heterocycles. The Morgan fingerprint density at radius 3 is 3.00 bits per heavy atom. The van der Waals surface area contributed by atoms with E-state index in [2.05, 4.69) is 10.4 Å².